The van der Waals surface area contributed by atoms with Crippen molar-refractivity contribution < 1.29 is 9.47 Å². The Labute approximate surface area is 168 Å². The van der Waals surface area contributed by atoms with Gasteiger partial charge in [-0.15, -0.1) is 10.2 Å². The molecule has 0 atom stereocenters. The van der Waals surface area contributed by atoms with Gasteiger partial charge in [0.15, 0.2) is 11.5 Å². The summed E-state index contributed by atoms with van der Waals surface area (Å²) in [4.78, 5) is 0. The minimum atomic E-state index is 0.643. The Kier molecular flexibility index (Phi) is 5.33. The van der Waals surface area contributed by atoms with Gasteiger partial charge >= 0.3 is 0 Å². The van der Waals surface area contributed by atoms with Gasteiger partial charge in [-0.05, 0) is 23.8 Å². The second-order valence-electron chi connectivity index (χ2n) is 6.27. The quantitative estimate of drug-likeness (QED) is 0.455. The van der Waals surface area contributed by atoms with Crippen molar-refractivity contribution in [3.8, 4) is 22.8 Å². The van der Waals surface area contributed by atoms with Crippen LogP contribution in [0.15, 0.2) is 72.5 Å². The molecule has 0 radical (unpaired) electrons. The predicted octanol–water partition coefficient (Wildman–Crippen LogP) is 3.09. The van der Waals surface area contributed by atoms with E-state index >= 15 is 0 Å². The summed E-state index contributed by atoms with van der Waals surface area (Å²) in [5.41, 5.74) is 3.72. The van der Waals surface area contributed by atoms with E-state index in [2.05, 4.69) is 27.4 Å². The fraction of sp³-hybridized carbons (Fsp3) is 0.143. The van der Waals surface area contributed by atoms with Gasteiger partial charge in [-0.1, -0.05) is 30.3 Å². The highest BCUT2D eigenvalue weighted by molar-refractivity contribution is 5.88. The first-order chi connectivity index (χ1) is 14.3. The van der Waals surface area contributed by atoms with Gasteiger partial charge in [0.2, 0.25) is 0 Å². The van der Waals surface area contributed by atoms with Crippen molar-refractivity contribution in [2.45, 2.75) is 6.54 Å². The van der Waals surface area contributed by atoms with Crippen LogP contribution < -0.4 is 9.47 Å². The molecule has 4 aromatic rings. The number of nitrogens with zero attached hydrogens (tertiary/aromatic N) is 6. The Hall–Kier alpha value is -3.94. The lowest BCUT2D eigenvalue weighted by atomic mass is 10.1. The van der Waals surface area contributed by atoms with E-state index in [0.717, 1.165) is 22.4 Å². The zero-order valence-corrected chi connectivity index (χ0v) is 16.1. The Morgan fingerprint density at radius 2 is 1.72 bits per heavy atom. The van der Waals surface area contributed by atoms with Crippen LogP contribution in [0, 0.1) is 0 Å². The third-order valence-corrected chi connectivity index (χ3v) is 4.37. The van der Waals surface area contributed by atoms with Crippen LogP contribution >= 0.6 is 0 Å². The number of rotatable bonds is 7. The van der Waals surface area contributed by atoms with E-state index in [0.29, 0.717) is 18.0 Å². The minimum absolute atomic E-state index is 0.643. The highest BCUT2D eigenvalue weighted by Crippen LogP contribution is 2.32. The van der Waals surface area contributed by atoms with Crippen molar-refractivity contribution in [2.75, 3.05) is 14.2 Å². The summed E-state index contributed by atoms with van der Waals surface area (Å²) in [6.45, 7) is 0.654. The zero-order valence-electron chi connectivity index (χ0n) is 16.1. The molecule has 0 saturated carbocycles. The van der Waals surface area contributed by atoms with Crippen LogP contribution in [0.25, 0.3) is 11.3 Å². The highest BCUT2D eigenvalue weighted by Gasteiger charge is 2.13. The molecule has 2 aromatic carbocycles. The molecule has 0 spiro atoms. The number of ether oxygens (including phenoxy) is 2. The zero-order chi connectivity index (χ0) is 20.1. The Bertz CT molecular complexity index is 1100. The smallest absolute Gasteiger partial charge is 0.161 e. The Morgan fingerprint density at radius 3 is 2.45 bits per heavy atom. The molecule has 0 N–H and O–H groups in total. The van der Waals surface area contributed by atoms with E-state index in [1.807, 2.05) is 47.3 Å². The predicted molar refractivity (Wildman–Crippen MR) is 109 cm³/mol. The van der Waals surface area contributed by atoms with E-state index in [4.69, 9.17) is 14.6 Å². The van der Waals surface area contributed by atoms with E-state index in [9.17, 15) is 0 Å². The molecule has 2 heterocycles. The summed E-state index contributed by atoms with van der Waals surface area (Å²) in [5.74, 6) is 1.31. The highest BCUT2D eigenvalue weighted by atomic mass is 16.5. The van der Waals surface area contributed by atoms with Crippen molar-refractivity contribution in [1.82, 2.24) is 24.7 Å². The second kappa shape index (κ2) is 8.39. The van der Waals surface area contributed by atoms with Crippen molar-refractivity contribution in [3.63, 3.8) is 0 Å². The van der Waals surface area contributed by atoms with Gasteiger partial charge in [0.05, 0.1) is 27.0 Å². The minimum Gasteiger partial charge on any atom is -0.493 e. The third-order valence-electron chi connectivity index (χ3n) is 4.37. The van der Waals surface area contributed by atoms with Crippen LogP contribution in [0.1, 0.15) is 11.1 Å². The summed E-state index contributed by atoms with van der Waals surface area (Å²) in [6.07, 6.45) is 6.76. The molecule has 146 valence electrons. The fourth-order valence-corrected chi connectivity index (χ4v) is 2.97. The molecule has 0 unspecified atom stereocenters. The molecule has 0 aliphatic rings. The van der Waals surface area contributed by atoms with Gasteiger partial charge in [-0.3, -0.25) is 4.68 Å². The standard InChI is InChI=1S/C21H20N6O2/c1-28-19-9-8-17(10-20(19)29-2)21-18(11-24-27-14-22-23-15-27)13-26(25-21)12-16-6-4-3-5-7-16/h3-11,13-15H,12H2,1-2H3/b24-11-. The molecule has 0 amide bonds. The molecule has 0 saturated heterocycles. The average molecular weight is 388 g/mol. The monoisotopic (exact) mass is 388 g/mol. The van der Waals surface area contributed by atoms with Crippen LogP contribution in [0.2, 0.25) is 0 Å². The van der Waals surface area contributed by atoms with Crippen LogP contribution in [0.5, 0.6) is 11.5 Å². The molecule has 8 nitrogen and oxygen atoms in total. The van der Waals surface area contributed by atoms with Crippen molar-refractivity contribution >= 4 is 6.21 Å². The molecule has 0 bridgehead atoms. The van der Waals surface area contributed by atoms with Gasteiger partial charge in [0.1, 0.15) is 18.3 Å². The first kappa shape index (κ1) is 18.4. The molecule has 0 aliphatic carbocycles. The molecule has 29 heavy (non-hydrogen) atoms. The maximum Gasteiger partial charge on any atom is 0.161 e. The fourth-order valence-electron chi connectivity index (χ4n) is 2.97. The summed E-state index contributed by atoms with van der Waals surface area (Å²) in [7, 11) is 3.23. The van der Waals surface area contributed by atoms with Crippen LogP contribution in [-0.4, -0.2) is 45.1 Å². The molecule has 0 fully saturated rings. The maximum atomic E-state index is 5.45. The first-order valence-electron chi connectivity index (χ1n) is 8.99. The van der Waals surface area contributed by atoms with E-state index in [1.54, 1.807) is 20.4 Å². The number of benzene rings is 2. The van der Waals surface area contributed by atoms with Gasteiger partial charge in [0.25, 0.3) is 0 Å². The maximum absolute atomic E-state index is 5.45. The van der Waals surface area contributed by atoms with Crippen LogP contribution in [0.4, 0.5) is 0 Å². The molecule has 8 heteroatoms. The summed E-state index contributed by atoms with van der Waals surface area (Å²) >= 11 is 0. The third kappa shape index (κ3) is 4.16. The second-order valence-corrected chi connectivity index (χ2v) is 6.27. The van der Waals surface area contributed by atoms with Gasteiger partial charge < -0.3 is 9.47 Å². The van der Waals surface area contributed by atoms with Gasteiger partial charge in [-0.25, -0.2) is 4.68 Å². The lowest BCUT2D eigenvalue weighted by Crippen LogP contribution is -2.00. The molecule has 0 aliphatic heterocycles. The largest absolute Gasteiger partial charge is 0.493 e. The normalized spacial score (nSPS) is 11.1. The van der Waals surface area contributed by atoms with Crippen LogP contribution in [0.3, 0.4) is 0 Å². The van der Waals surface area contributed by atoms with E-state index < -0.39 is 0 Å². The van der Waals surface area contributed by atoms with Crippen molar-refractivity contribution in [3.05, 3.63) is 78.5 Å². The average Bonchev–Trinajstić information content (AvgIpc) is 3.42. The lowest BCUT2D eigenvalue weighted by molar-refractivity contribution is 0.355. The number of methoxy groups -OCH3 is 2. The van der Waals surface area contributed by atoms with Gasteiger partial charge in [-0.2, -0.15) is 10.2 Å². The molecule has 4 rings (SSSR count). The SMILES string of the molecule is COc1ccc(-c2nn(Cc3ccccc3)cc2/C=N\n2cnnc2)cc1OC. The topological polar surface area (TPSA) is 79.4 Å². The first-order valence-corrected chi connectivity index (χ1v) is 8.99. The Balaban J connectivity index is 1.74. The number of aromatic nitrogens is 5. The van der Waals surface area contributed by atoms with E-state index in [-0.39, 0.29) is 0 Å². The molecular weight excluding hydrogens is 368 g/mol. The van der Waals surface area contributed by atoms with Gasteiger partial charge in [0, 0.05) is 17.3 Å². The number of hydrogen-bond acceptors (Lipinski definition) is 6. The molecular formula is C21H20N6O2. The van der Waals surface area contributed by atoms with Crippen LogP contribution in [-0.2, 0) is 6.54 Å². The summed E-state index contributed by atoms with van der Waals surface area (Å²) in [6, 6.07) is 15.9. The molecule has 2 aromatic heterocycles. The van der Waals surface area contributed by atoms with Crippen molar-refractivity contribution in [2.24, 2.45) is 5.10 Å². The summed E-state index contributed by atoms with van der Waals surface area (Å²) in [5, 5.41) is 16.7. The van der Waals surface area contributed by atoms with E-state index in [1.165, 1.54) is 17.3 Å². The number of hydrogen-bond donors (Lipinski definition) is 0. The lowest BCUT2D eigenvalue weighted by Gasteiger charge is -2.09. The van der Waals surface area contributed by atoms with Crippen molar-refractivity contribution in [1.29, 1.82) is 0 Å². The summed E-state index contributed by atoms with van der Waals surface area (Å²) < 4.78 is 14.2. The Morgan fingerprint density at radius 1 is 0.966 bits per heavy atom.